The minimum Gasteiger partial charge on any atom is -0.336 e. The van der Waals surface area contributed by atoms with Crippen LogP contribution in [0.3, 0.4) is 0 Å². The van der Waals surface area contributed by atoms with Crippen molar-refractivity contribution in [3.05, 3.63) is 102 Å². The zero-order valence-electron chi connectivity index (χ0n) is 16.4. The zero-order valence-corrected chi connectivity index (χ0v) is 17.2. The summed E-state index contributed by atoms with van der Waals surface area (Å²) in [5, 5.41) is 27.7. The smallest absolute Gasteiger partial charge is 0.336 e. The van der Waals surface area contributed by atoms with Crippen molar-refractivity contribution in [2.45, 2.75) is 27.7 Å². The zero-order chi connectivity index (χ0) is 21.7. The highest BCUT2D eigenvalue weighted by molar-refractivity contribution is 6.28. The number of rotatable bonds is 7. The number of nitro groups is 2. The molecule has 0 aliphatic rings. The number of aryl methyl sites for hydroxylation is 4. The van der Waals surface area contributed by atoms with Crippen LogP contribution in [0, 0.1) is 47.9 Å². The van der Waals surface area contributed by atoms with Crippen LogP contribution in [-0.4, -0.2) is 9.85 Å². The van der Waals surface area contributed by atoms with E-state index in [1.807, 2.05) is 52.0 Å². The quantitative estimate of drug-likeness (QED) is 0.276. The standard InChI is InChI=1S/C20H21ClN4O4/c1-12-5-7-16(14(3)9-12)22-20(18(24(26)27)11-19(21)25(28)29)23-17-8-6-13(2)10-15(17)4/h5-11,22-23H,1-4H3/b19-11-. The van der Waals surface area contributed by atoms with Crippen molar-refractivity contribution < 1.29 is 9.85 Å². The van der Waals surface area contributed by atoms with Gasteiger partial charge in [-0.2, -0.15) is 0 Å². The van der Waals surface area contributed by atoms with Gasteiger partial charge in [0.2, 0.25) is 0 Å². The van der Waals surface area contributed by atoms with Crippen molar-refractivity contribution in [2.75, 3.05) is 10.6 Å². The number of hydrogen-bond acceptors (Lipinski definition) is 6. The molecule has 0 radical (unpaired) electrons. The minimum atomic E-state index is -0.892. The molecule has 2 rings (SSSR count). The van der Waals surface area contributed by atoms with Gasteiger partial charge in [-0.1, -0.05) is 35.4 Å². The number of anilines is 2. The first-order valence-corrected chi connectivity index (χ1v) is 9.05. The third-order valence-corrected chi connectivity index (χ3v) is 4.41. The highest BCUT2D eigenvalue weighted by atomic mass is 35.5. The number of halogens is 1. The van der Waals surface area contributed by atoms with E-state index >= 15 is 0 Å². The first-order chi connectivity index (χ1) is 13.6. The molecule has 2 N–H and O–H groups in total. The molecule has 0 unspecified atom stereocenters. The van der Waals surface area contributed by atoms with Crippen LogP contribution in [0.25, 0.3) is 0 Å². The molecular formula is C20H21ClN4O4. The van der Waals surface area contributed by atoms with Crippen molar-refractivity contribution in [1.29, 1.82) is 0 Å². The number of nitrogens with zero attached hydrogens (tertiary/aromatic N) is 2. The lowest BCUT2D eigenvalue weighted by molar-refractivity contribution is -0.428. The summed E-state index contributed by atoms with van der Waals surface area (Å²) in [6.07, 6.45) is 0.712. The second-order valence-electron chi connectivity index (χ2n) is 6.63. The van der Waals surface area contributed by atoms with Crippen LogP contribution < -0.4 is 10.6 Å². The molecule has 2 aromatic carbocycles. The molecule has 0 spiro atoms. The Bertz CT molecular complexity index is 976. The van der Waals surface area contributed by atoms with Gasteiger partial charge in [-0.3, -0.25) is 20.2 Å². The number of hydrogen-bond donors (Lipinski definition) is 2. The molecule has 0 aliphatic carbocycles. The second-order valence-corrected chi connectivity index (χ2v) is 7.02. The molecule has 29 heavy (non-hydrogen) atoms. The highest BCUT2D eigenvalue weighted by Gasteiger charge is 2.23. The summed E-state index contributed by atoms with van der Waals surface area (Å²) in [7, 11) is 0. The van der Waals surface area contributed by atoms with E-state index in [4.69, 9.17) is 11.6 Å². The summed E-state index contributed by atoms with van der Waals surface area (Å²) in [6, 6.07) is 11.1. The molecule has 152 valence electrons. The molecular weight excluding hydrogens is 396 g/mol. The Morgan fingerprint density at radius 2 is 1.31 bits per heavy atom. The average molecular weight is 417 g/mol. The minimum absolute atomic E-state index is 0.0334. The fourth-order valence-corrected chi connectivity index (χ4v) is 2.82. The first kappa shape index (κ1) is 21.9. The fraction of sp³-hybridized carbons (Fsp3) is 0.200. The van der Waals surface area contributed by atoms with Gasteiger partial charge in [-0.05, 0) is 62.6 Å². The van der Waals surface area contributed by atoms with E-state index in [1.165, 1.54) is 0 Å². The Balaban J connectivity index is 2.62. The van der Waals surface area contributed by atoms with Crippen molar-refractivity contribution >= 4 is 23.0 Å². The van der Waals surface area contributed by atoms with E-state index < -0.39 is 20.7 Å². The lowest BCUT2D eigenvalue weighted by Gasteiger charge is -2.17. The summed E-state index contributed by atoms with van der Waals surface area (Å²) in [5.74, 6) is -0.0334. The summed E-state index contributed by atoms with van der Waals surface area (Å²) in [6.45, 7) is 7.58. The van der Waals surface area contributed by atoms with Crippen molar-refractivity contribution in [3.8, 4) is 0 Å². The van der Waals surface area contributed by atoms with Gasteiger partial charge in [-0.15, -0.1) is 0 Å². The molecule has 0 fully saturated rings. The molecule has 2 aromatic rings. The van der Waals surface area contributed by atoms with Crippen LogP contribution in [0.2, 0.25) is 0 Å². The van der Waals surface area contributed by atoms with Crippen LogP contribution >= 0.6 is 11.6 Å². The summed E-state index contributed by atoms with van der Waals surface area (Å²) in [5.41, 5.74) is 4.46. The lowest BCUT2D eigenvalue weighted by atomic mass is 10.1. The second kappa shape index (κ2) is 9.20. The molecule has 0 aromatic heterocycles. The monoisotopic (exact) mass is 416 g/mol. The fourth-order valence-electron chi connectivity index (χ4n) is 2.72. The molecule has 0 bridgehead atoms. The third-order valence-electron chi connectivity index (χ3n) is 4.17. The normalized spacial score (nSPS) is 11.0. The number of nitrogens with one attached hydrogen (secondary N) is 2. The van der Waals surface area contributed by atoms with Gasteiger partial charge in [0.1, 0.15) is 6.08 Å². The number of benzene rings is 2. The van der Waals surface area contributed by atoms with Crippen molar-refractivity contribution in [2.24, 2.45) is 0 Å². The Morgan fingerprint density at radius 1 is 0.862 bits per heavy atom. The van der Waals surface area contributed by atoms with Gasteiger partial charge in [0.25, 0.3) is 0 Å². The van der Waals surface area contributed by atoms with Crippen molar-refractivity contribution in [3.63, 3.8) is 0 Å². The summed E-state index contributed by atoms with van der Waals surface area (Å²) >= 11 is 5.58. The first-order valence-electron chi connectivity index (χ1n) is 8.67. The Morgan fingerprint density at radius 3 is 1.66 bits per heavy atom. The summed E-state index contributed by atoms with van der Waals surface area (Å²) in [4.78, 5) is 21.0. The molecule has 0 heterocycles. The van der Waals surface area contributed by atoms with Crippen LogP contribution in [-0.2, 0) is 0 Å². The van der Waals surface area contributed by atoms with E-state index in [1.54, 1.807) is 12.1 Å². The predicted molar refractivity (Wildman–Crippen MR) is 114 cm³/mol. The molecule has 8 nitrogen and oxygen atoms in total. The Labute approximate surface area is 173 Å². The SMILES string of the molecule is Cc1ccc(NC(Nc2ccc(C)cc2C)=C(/C=C(/Cl)[N+](=O)[O-])[N+](=O)[O-])c(C)c1. The average Bonchev–Trinajstić information content (AvgIpc) is 2.62. The van der Waals surface area contributed by atoms with Gasteiger partial charge in [0.15, 0.2) is 5.82 Å². The predicted octanol–water partition coefficient (Wildman–Crippen LogP) is 5.25. The van der Waals surface area contributed by atoms with Crippen molar-refractivity contribution in [1.82, 2.24) is 0 Å². The van der Waals surface area contributed by atoms with Gasteiger partial charge in [-0.25, -0.2) is 0 Å². The van der Waals surface area contributed by atoms with Gasteiger partial charge >= 0.3 is 10.9 Å². The van der Waals surface area contributed by atoms with E-state index in [-0.39, 0.29) is 5.82 Å². The molecule has 0 saturated carbocycles. The highest BCUT2D eigenvalue weighted by Crippen LogP contribution is 2.24. The maximum atomic E-state index is 11.7. The van der Waals surface area contributed by atoms with Crippen LogP contribution in [0.15, 0.2) is 59.1 Å². The number of allylic oxidation sites excluding steroid dienone is 1. The molecule has 0 atom stereocenters. The third kappa shape index (κ3) is 5.79. The Hall–Kier alpha value is -3.39. The topological polar surface area (TPSA) is 110 Å². The lowest BCUT2D eigenvalue weighted by Crippen LogP contribution is -2.17. The van der Waals surface area contributed by atoms with E-state index in [0.717, 1.165) is 22.3 Å². The maximum absolute atomic E-state index is 11.7. The van der Waals surface area contributed by atoms with Crippen LogP contribution in [0.4, 0.5) is 11.4 Å². The van der Waals surface area contributed by atoms with Gasteiger partial charge in [0.05, 0.1) is 9.85 Å². The molecule has 0 amide bonds. The van der Waals surface area contributed by atoms with Gasteiger partial charge in [0, 0.05) is 11.4 Å². The molecule has 0 aliphatic heterocycles. The van der Waals surface area contributed by atoms with E-state index in [0.29, 0.717) is 17.5 Å². The van der Waals surface area contributed by atoms with E-state index in [2.05, 4.69) is 10.6 Å². The van der Waals surface area contributed by atoms with Crippen LogP contribution in [0.1, 0.15) is 22.3 Å². The molecule has 9 heteroatoms. The van der Waals surface area contributed by atoms with Gasteiger partial charge < -0.3 is 10.6 Å². The van der Waals surface area contributed by atoms with Crippen LogP contribution in [0.5, 0.6) is 0 Å². The largest absolute Gasteiger partial charge is 0.344 e. The van der Waals surface area contributed by atoms with E-state index in [9.17, 15) is 20.2 Å². The Kier molecular flexibility index (Phi) is 6.95. The molecule has 0 saturated heterocycles. The maximum Gasteiger partial charge on any atom is 0.344 e. The summed E-state index contributed by atoms with van der Waals surface area (Å²) < 4.78 is 0.